The van der Waals surface area contributed by atoms with Crippen LogP contribution in [-0.4, -0.2) is 37.9 Å². The summed E-state index contributed by atoms with van der Waals surface area (Å²) in [5.41, 5.74) is -0.320. The van der Waals surface area contributed by atoms with E-state index in [1.807, 2.05) is 6.92 Å². The minimum absolute atomic E-state index is 0.0411. The Kier molecular flexibility index (Phi) is 2.55. The Balaban J connectivity index is 2.61. The quantitative estimate of drug-likeness (QED) is 0.705. The highest BCUT2D eigenvalue weighted by Gasteiger charge is 2.36. The molecule has 0 saturated carbocycles. The summed E-state index contributed by atoms with van der Waals surface area (Å²) < 4.78 is 0. The molecule has 17 heavy (non-hydrogen) atoms. The molecule has 1 aromatic rings. The van der Waals surface area contributed by atoms with E-state index >= 15 is 0 Å². The molecular weight excluding hydrogens is 228 g/mol. The van der Waals surface area contributed by atoms with Crippen molar-refractivity contribution in [3.05, 3.63) is 11.1 Å². The predicted molar refractivity (Wildman–Crippen MR) is 55.9 cm³/mol. The van der Waals surface area contributed by atoms with Crippen molar-refractivity contribution in [2.24, 2.45) is 0 Å². The predicted octanol–water partition coefficient (Wildman–Crippen LogP) is 0.881. The van der Waals surface area contributed by atoms with Crippen molar-refractivity contribution in [2.45, 2.75) is 19.9 Å². The molecule has 2 heterocycles. The Morgan fingerprint density at radius 1 is 1.53 bits per heavy atom. The van der Waals surface area contributed by atoms with Crippen molar-refractivity contribution in [2.75, 3.05) is 6.54 Å². The second-order valence-corrected chi connectivity index (χ2v) is 3.68. The van der Waals surface area contributed by atoms with Crippen LogP contribution >= 0.6 is 0 Å². The van der Waals surface area contributed by atoms with Gasteiger partial charge in [0.05, 0.1) is 11.6 Å². The fourth-order valence-electron chi connectivity index (χ4n) is 1.87. The lowest BCUT2D eigenvalue weighted by molar-refractivity contribution is -0.0640. The first-order chi connectivity index (χ1) is 7.97. The fraction of sp³-hybridized carbons (Fsp3) is 0.400. The van der Waals surface area contributed by atoms with Crippen LogP contribution in [0.15, 0.2) is 0 Å². The highest BCUT2D eigenvalue weighted by atomic mass is 16.7. The smallest absolute Gasteiger partial charge is 0.345 e. The van der Waals surface area contributed by atoms with E-state index in [0.29, 0.717) is 6.54 Å². The highest BCUT2D eigenvalue weighted by Crippen LogP contribution is 2.45. The van der Waals surface area contributed by atoms with Gasteiger partial charge in [0.2, 0.25) is 11.8 Å². The lowest BCUT2D eigenvalue weighted by Gasteiger charge is -2.16. The zero-order valence-corrected chi connectivity index (χ0v) is 9.34. The zero-order valence-electron chi connectivity index (χ0n) is 9.34. The van der Waals surface area contributed by atoms with Gasteiger partial charge in [-0.2, -0.15) is 4.98 Å². The minimum Gasteiger partial charge on any atom is -0.506 e. The number of aromatic nitrogens is 1. The van der Waals surface area contributed by atoms with Crippen LogP contribution in [0, 0.1) is 0 Å². The number of hydroxylamine groups is 2. The summed E-state index contributed by atoms with van der Waals surface area (Å²) in [5, 5.41) is 29.7. The third-order valence-corrected chi connectivity index (χ3v) is 2.73. The van der Waals surface area contributed by atoms with Crippen molar-refractivity contribution in [1.29, 1.82) is 0 Å². The average molecular weight is 240 g/mol. The average Bonchev–Trinajstić information content (AvgIpc) is 2.54. The summed E-state index contributed by atoms with van der Waals surface area (Å²) in [5.74, 6) is -2.64. The second-order valence-electron chi connectivity index (χ2n) is 3.68. The van der Waals surface area contributed by atoms with Gasteiger partial charge in [-0.1, -0.05) is 0 Å². The fourth-order valence-corrected chi connectivity index (χ4v) is 1.87. The number of carbonyl (C=O) groups is 1. The summed E-state index contributed by atoms with van der Waals surface area (Å²) in [6.07, 6.45) is 0. The van der Waals surface area contributed by atoms with E-state index < -0.39 is 23.2 Å². The number of aromatic carboxylic acids is 1. The van der Waals surface area contributed by atoms with Crippen LogP contribution < -0.4 is 4.84 Å². The number of carboxylic acid groups (broad SMARTS) is 1. The molecule has 1 atom stereocenters. The Morgan fingerprint density at radius 2 is 2.18 bits per heavy atom. The number of carboxylic acids is 1. The molecule has 1 aliphatic rings. The molecule has 7 nitrogen and oxygen atoms in total. The monoisotopic (exact) mass is 240 g/mol. The molecule has 1 aliphatic heterocycles. The van der Waals surface area contributed by atoms with E-state index in [1.54, 1.807) is 6.92 Å². The summed E-state index contributed by atoms with van der Waals surface area (Å²) in [7, 11) is 0. The SMILES string of the molecule is CCN1Oc2nc(O)c(C(=O)O)c(O)c2C1C. The van der Waals surface area contributed by atoms with Crippen LogP contribution in [0.5, 0.6) is 17.5 Å². The number of hydrogen-bond acceptors (Lipinski definition) is 6. The molecule has 0 bridgehead atoms. The number of fused-ring (bicyclic) bond motifs is 1. The maximum absolute atomic E-state index is 10.9. The molecule has 0 spiro atoms. The number of hydrogen-bond donors (Lipinski definition) is 3. The molecule has 3 N–H and O–H groups in total. The normalized spacial score (nSPS) is 18.8. The summed E-state index contributed by atoms with van der Waals surface area (Å²) in [6, 6.07) is -0.318. The number of rotatable bonds is 2. The van der Waals surface area contributed by atoms with Crippen molar-refractivity contribution in [3.63, 3.8) is 0 Å². The number of nitrogens with zero attached hydrogens (tertiary/aromatic N) is 2. The van der Waals surface area contributed by atoms with Gasteiger partial charge >= 0.3 is 5.97 Å². The topological polar surface area (TPSA) is 103 Å². The third kappa shape index (κ3) is 1.55. The zero-order chi connectivity index (χ0) is 12.7. The highest BCUT2D eigenvalue weighted by molar-refractivity contribution is 5.94. The Morgan fingerprint density at radius 3 is 2.71 bits per heavy atom. The van der Waals surface area contributed by atoms with Gasteiger partial charge in [-0.05, 0) is 13.8 Å². The van der Waals surface area contributed by atoms with Crippen molar-refractivity contribution >= 4 is 5.97 Å². The molecule has 0 radical (unpaired) electrons. The second kappa shape index (κ2) is 3.77. The third-order valence-electron chi connectivity index (χ3n) is 2.73. The molecule has 2 rings (SSSR count). The standard InChI is InChI=1S/C10H12N2O5/c1-3-12-4(2)5-7(13)6(10(15)16)8(14)11-9(5)17-12/h4H,3H2,1-2H3,(H,15,16)(H2,11,13,14). The van der Waals surface area contributed by atoms with Crippen molar-refractivity contribution in [1.82, 2.24) is 10.0 Å². The van der Waals surface area contributed by atoms with Crippen molar-refractivity contribution in [3.8, 4) is 17.5 Å². The molecule has 1 unspecified atom stereocenters. The molecule has 0 fully saturated rings. The van der Waals surface area contributed by atoms with E-state index in [9.17, 15) is 15.0 Å². The minimum atomic E-state index is -1.43. The Hall–Kier alpha value is -2.02. The van der Waals surface area contributed by atoms with Crippen LogP contribution in [-0.2, 0) is 0 Å². The molecule has 0 amide bonds. The lowest BCUT2D eigenvalue weighted by Crippen LogP contribution is -2.23. The van der Waals surface area contributed by atoms with Gasteiger partial charge in [0.1, 0.15) is 5.75 Å². The summed E-state index contributed by atoms with van der Waals surface area (Å²) in [4.78, 5) is 19.8. The molecule has 92 valence electrons. The van der Waals surface area contributed by atoms with Gasteiger partial charge in [-0.3, -0.25) is 0 Å². The van der Waals surface area contributed by atoms with Gasteiger partial charge in [0.15, 0.2) is 5.56 Å². The summed E-state index contributed by atoms with van der Waals surface area (Å²) >= 11 is 0. The molecule has 0 aliphatic carbocycles. The molecule has 0 saturated heterocycles. The Labute approximate surface area is 96.8 Å². The molecule has 0 aromatic carbocycles. The van der Waals surface area contributed by atoms with Gasteiger partial charge in [0.25, 0.3) is 0 Å². The van der Waals surface area contributed by atoms with Crippen LogP contribution in [0.3, 0.4) is 0 Å². The molecule has 1 aromatic heterocycles. The van der Waals surface area contributed by atoms with Crippen LogP contribution in [0.1, 0.15) is 35.8 Å². The summed E-state index contributed by atoms with van der Waals surface area (Å²) in [6.45, 7) is 4.14. The van der Waals surface area contributed by atoms with Gasteiger partial charge in [0, 0.05) is 6.54 Å². The van der Waals surface area contributed by atoms with E-state index in [2.05, 4.69) is 4.98 Å². The largest absolute Gasteiger partial charge is 0.506 e. The van der Waals surface area contributed by atoms with E-state index in [1.165, 1.54) is 5.06 Å². The van der Waals surface area contributed by atoms with Crippen molar-refractivity contribution < 1.29 is 25.0 Å². The van der Waals surface area contributed by atoms with Crippen LogP contribution in [0.25, 0.3) is 0 Å². The van der Waals surface area contributed by atoms with Crippen LogP contribution in [0.2, 0.25) is 0 Å². The van der Waals surface area contributed by atoms with E-state index in [4.69, 9.17) is 9.94 Å². The Bertz CT molecular complexity index is 488. The maximum Gasteiger partial charge on any atom is 0.345 e. The first-order valence-electron chi connectivity index (χ1n) is 5.11. The molecular formula is C10H12N2O5. The molecule has 7 heteroatoms. The number of aromatic hydroxyl groups is 2. The van der Waals surface area contributed by atoms with Gasteiger partial charge in [-0.15, -0.1) is 5.06 Å². The van der Waals surface area contributed by atoms with E-state index in [-0.39, 0.29) is 17.5 Å². The first kappa shape index (κ1) is 11.5. The number of pyridine rings is 1. The maximum atomic E-state index is 10.9. The van der Waals surface area contributed by atoms with Gasteiger partial charge in [-0.25, -0.2) is 4.79 Å². The lowest BCUT2D eigenvalue weighted by atomic mass is 10.1. The van der Waals surface area contributed by atoms with E-state index in [0.717, 1.165) is 0 Å². The van der Waals surface area contributed by atoms with Crippen LogP contribution in [0.4, 0.5) is 0 Å². The first-order valence-corrected chi connectivity index (χ1v) is 5.11. The van der Waals surface area contributed by atoms with Gasteiger partial charge < -0.3 is 20.2 Å².